The molecule has 1 fully saturated rings. The van der Waals surface area contributed by atoms with Crippen molar-refractivity contribution in [2.75, 3.05) is 0 Å². The highest BCUT2D eigenvalue weighted by Crippen LogP contribution is 2.33. The molecule has 1 saturated carbocycles. The third-order valence-electron chi connectivity index (χ3n) is 3.38. The van der Waals surface area contributed by atoms with Crippen LogP contribution in [-0.2, 0) is 11.8 Å². The van der Waals surface area contributed by atoms with Crippen LogP contribution in [0.2, 0.25) is 0 Å². The van der Waals surface area contributed by atoms with Gasteiger partial charge in [-0.2, -0.15) is 5.10 Å². The molecule has 0 bridgehead atoms. The summed E-state index contributed by atoms with van der Waals surface area (Å²) in [6.07, 6.45) is 5.56. The second-order valence-corrected chi connectivity index (χ2v) is 4.78. The van der Waals surface area contributed by atoms with Gasteiger partial charge < -0.3 is 0 Å². The monoisotopic (exact) mass is 245 g/mol. The molecule has 0 saturated heterocycles. The van der Waals surface area contributed by atoms with Crippen molar-refractivity contribution in [2.45, 2.75) is 25.8 Å². The Morgan fingerprint density at radius 2 is 2.28 bits per heavy atom. The molecule has 0 amide bonds. The van der Waals surface area contributed by atoms with Gasteiger partial charge in [-0.05, 0) is 25.8 Å². The average molecular weight is 245 g/mol. The van der Waals surface area contributed by atoms with Gasteiger partial charge in [0.05, 0.1) is 11.9 Å². The molecule has 94 valence electrons. The highest BCUT2D eigenvalue weighted by atomic mass is 16.1. The lowest BCUT2D eigenvalue weighted by atomic mass is 10.1. The smallest absolute Gasteiger partial charge is 0.160 e. The van der Waals surface area contributed by atoms with Crippen molar-refractivity contribution in [2.24, 2.45) is 13.0 Å². The summed E-state index contributed by atoms with van der Waals surface area (Å²) in [6.45, 7) is 1.88. The van der Waals surface area contributed by atoms with Gasteiger partial charge in [0, 0.05) is 19.2 Å². The van der Waals surface area contributed by atoms with E-state index in [2.05, 4.69) is 15.4 Å². The Hall–Kier alpha value is -1.98. The van der Waals surface area contributed by atoms with Gasteiger partial charge in [-0.15, -0.1) is 5.10 Å². The second-order valence-electron chi connectivity index (χ2n) is 4.78. The molecule has 6 nitrogen and oxygen atoms in total. The van der Waals surface area contributed by atoms with E-state index in [9.17, 15) is 4.79 Å². The van der Waals surface area contributed by atoms with Crippen molar-refractivity contribution >= 4 is 5.78 Å². The van der Waals surface area contributed by atoms with E-state index in [1.807, 2.05) is 26.2 Å². The van der Waals surface area contributed by atoms with Crippen LogP contribution in [0.1, 0.15) is 25.8 Å². The van der Waals surface area contributed by atoms with Gasteiger partial charge in [-0.25, -0.2) is 4.68 Å². The summed E-state index contributed by atoms with van der Waals surface area (Å²) in [5, 5.41) is 12.2. The molecular formula is C12H15N5O. The van der Waals surface area contributed by atoms with E-state index in [-0.39, 0.29) is 17.7 Å². The number of carbonyl (C=O) groups excluding carboxylic acids is 1. The summed E-state index contributed by atoms with van der Waals surface area (Å²) < 4.78 is 3.38. The minimum absolute atomic E-state index is 0.230. The van der Waals surface area contributed by atoms with Crippen molar-refractivity contribution in [3.63, 3.8) is 0 Å². The first kappa shape index (κ1) is 11.1. The zero-order valence-electron chi connectivity index (χ0n) is 10.4. The molecule has 0 aromatic carbocycles. The average Bonchev–Trinajstić information content (AvgIpc) is 2.95. The molecule has 1 unspecified atom stereocenters. The third kappa shape index (κ3) is 1.83. The van der Waals surface area contributed by atoms with Crippen LogP contribution in [0, 0.1) is 5.92 Å². The molecule has 0 radical (unpaired) electrons. The van der Waals surface area contributed by atoms with Crippen LogP contribution in [0.3, 0.4) is 0 Å². The SMILES string of the molecule is CC(C(=O)C1CC1)n1cc(-c2ccnn2C)nn1. The van der Waals surface area contributed by atoms with Gasteiger partial charge in [-0.1, -0.05) is 5.21 Å². The molecule has 0 aliphatic heterocycles. The quantitative estimate of drug-likeness (QED) is 0.812. The fraction of sp³-hybridized carbons (Fsp3) is 0.500. The number of aryl methyl sites for hydroxylation is 1. The summed E-state index contributed by atoms with van der Waals surface area (Å²) >= 11 is 0. The molecule has 18 heavy (non-hydrogen) atoms. The Bertz CT molecular complexity index is 581. The van der Waals surface area contributed by atoms with Crippen molar-refractivity contribution in [3.8, 4) is 11.4 Å². The topological polar surface area (TPSA) is 65.6 Å². The van der Waals surface area contributed by atoms with Crippen LogP contribution >= 0.6 is 0 Å². The number of nitrogens with zero attached hydrogens (tertiary/aromatic N) is 5. The Labute approximate surface area is 105 Å². The van der Waals surface area contributed by atoms with Gasteiger partial charge in [0.2, 0.25) is 0 Å². The van der Waals surface area contributed by atoms with Gasteiger partial charge >= 0.3 is 0 Å². The summed E-state index contributed by atoms with van der Waals surface area (Å²) in [7, 11) is 1.85. The fourth-order valence-corrected chi connectivity index (χ4v) is 2.05. The van der Waals surface area contributed by atoms with Gasteiger partial charge in [-0.3, -0.25) is 9.48 Å². The Morgan fingerprint density at radius 3 is 2.89 bits per heavy atom. The molecule has 0 N–H and O–H groups in total. The summed E-state index contributed by atoms with van der Waals surface area (Å²) in [6, 6.07) is 1.65. The molecule has 1 atom stereocenters. The highest BCUT2D eigenvalue weighted by Gasteiger charge is 2.34. The maximum Gasteiger partial charge on any atom is 0.160 e. The first-order valence-corrected chi connectivity index (χ1v) is 6.11. The van der Waals surface area contributed by atoms with Crippen molar-refractivity contribution in [1.82, 2.24) is 24.8 Å². The minimum Gasteiger partial charge on any atom is -0.297 e. The van der Waals surface area contributed by atoms with Crippen LogP contribution in [0.4, 0.5) is 0 Å². The summed E-state index contributed by atoms with van der Waals surface area (Å²) in [4.78, 5) is 12.0. The Morgan fingerprint density at radius 1 is 1.50 bits per heavy atom. The van der Waals surface area contributed by atoms with Crippen LogP contribution in [0.15, 0.2) is 18.5 Å². The van der Waals surface area contributed by atoms with Crippen molar-refractivity contribution < 1.29 is 4.79 Å². The number of aromatic nitrogens is 5. The molecule has 0 spiro atoms. The van der Waals surface area contributed by atoms with E-state index in [0.717, 1.165) is 24.2 Å². The van der Waals surface area contributed by atoms with E-state index < -0.39 is 0 Å². The fourth-order valence-electron chi connectivity index (χ4n) is 2.05. The van der Waals surface area contributed by atoms with Crippen LogP contribution in [0.5, 0.6) is 0 Å². The van der Waals surface area contributed by atoms with E-state index in [4.69, 9.17) is 0 Å². The molecule has 2 heterocycles. The van der Waals surface area contributed by atoms with Crippen LogP contribution in [-0.4, -0.2) is 30.6 Å². The minimum atomic E-state index is -0.230. The standard InChI is InChI=1S/C12H15N5O/c1-8(12(18)9-3-4-9)17-7-10(14-15-17)11-5-6-13-16(11)2/h5-9H,3-4H2,1-2H3. The first-order valence-electron chi connectivity index (χ1n) is 6.11. The van der Waals surface area contributed by atoms with E-state index >= 15 is 0 Å². The molecule has 2 aromatic rings. The van der Waals surface area contributed by atoms with E-state index in [0.29, 0.717) is 0 Å². The Balaban J connectivity index is 1.85. The predicted octanol–water partition coefficient (Wildman–Crippen LogP) is 1.22. The molecule has 3 rings (SSSR count). The van der Waals surface area contributed by atoms with Gasteiger partial charge in [0.15, 0.2) is 5.78 Å². The molecule has 6 heteroatoms. The van der Waals surface area contributed by atoms with E-state index in [1.165, 1.54) is 0 Å². The van der Waals surface area contributed by atoms with Crippen LogP contribution in [0.25, 0.3) is 11.4 Å². The normalized spacial score (nSPS) is 16.8. The van der Waals surface area contributed by atoms with E-state index in [1.54, 1.807) is 15.6 Å². The lowest BCUT2D eigenvalue weighted by Crippen LogP contribution is -2.18. The highest BCUT2D eigenvalue weighted by molar-refractivity contribution is 5.86. The van der Waals surface area contributed by atoms with Crippen LogP contribution < -0.4 is 0 Å². The molecule has 1 aliphatic carbocycles. The predicted molar refractivity (Wildman–Crippen MR) is 64.7 cm³/mol. The first-order chi connectivity index (χ1) is 8.66. The number of rotatable bonds is 4. The number of hydrogen-bond acceptors (Lipinski definition) is 4. The largest absolute Gasteiger partial charge is 0.297 e. The lowest BCUT2D eigenvalue weighted by molar-refractivity contribution is -0.123. The maximum atomic E-state index is 12.0. The number of Topliss-reactive ketones (excluding diaryl/α,β-unsaturated/α-hetero) is 1. The zero-order valence-corrected chi connectivity index (χ0v) is 10.4. The van der Waals surface area contributed by atoms with Crippen molar-refractivity contribution in [3.05, 3.63) is 18.5 Å². The second kappa shape index (κ2) is 4.04. The molecule has 2 aromatic heterocycles. The summed E-state index contributed by atoms with van der Waals surface area (Å²) in [5.41, 5.74) is 1.64. The number of carbonyl (C=O) groups is 1. The van der Waals surface area contributed by atoms with Gasteiger partial charge in [0.1, 0.15) is 11.7 Å². The molecule has 1 aliphatic rings. The molecular weight excluding hydrogens is 230 g/mol. The lowest BCUT2D eigenvalue weighted by Gasteiger charge is -2.08. The maximum absolute atomic E-state index is 12.0. The van der Waals surface area contributed by atoms with Gasteiger partial charge in [0.25, 0.3) is 0 Å². The Kier molecular flexibility index (Phi) is 2.50. The van der Waals surface area contributed by atoms with Crippen molar-refractivity contribution in [1.29, 1.82) is 0 Å². The zero-order chi connectivity index (χ0) is 12.7. The number of ketones is 1. The number of hydrogen-bond donors (Lipinski definition) is 0. The summed E-state index contributed by atoms with van der Waals surface area (Å²) in [5.74, 6) is 0.501. The third-order valence-corrected chi connectivity index (χ3v) is 3.38.